The van der Waals surface area contributed by atoms with Crippen LogP contribution in [0.1, 0.15) is 36.2 Å². The lowest BCUT2D eigenvalue weighted by molar-refractivity contribution is -0.121. The summed E-state index contributed by atoms with van der Waals surface area (Å²) >= 11 is 0. The third kappa shape index (κ3) is 4.62. The molecule has 4 N–H and O–H groups in total. The minimum atomic E-state index is -0.243. The van der Waals surface area contributed by atoms with Crippen LogP contribution >= 0.6 is 0 Å². The van der Waals surface area contributed by atoms with Gasteiger partial charge in [-0.1, -0.05) is 12.1 Å². The number of nitrogen functional groups attached to an aromatic ring is 1. The van der Waals surface area contributed by atoms with Crippen molar-refractivity contribution in [3.8, 4) is 0 Å². The summed E-state index contributed by atoms with van der Waals surface area (Å²) in [4.78, 5) is 23.4. The Morgan fingerprint density at radius 3 is 2.58 bits per heavy atom. The van der Waals surface area contributed by atoms with Crippen LogP contribution in [0.5, 0.6) is 0 Å². The molecule has 5 nitrogen and oxygen atoms in total. The van der Waals surface area contributed by atoms with Crippen molar-refractivity contribution >= 4 is 17.5 Å². The molecule has 0 atom stereocenters. The molecule has 5 heteroatoms. The first-order chi connectivity index (χ1) is 8.91. The summed E-state index contributed by atoms with van der Waals surface area (Å²) in [6.07, 6.45) is 0.260. The molecule has 1 aromatic rings. The Morgan fingerprint density at radius 1 is 1.32 bits per heavy atom. The largest absolute Gasteiger partial charge is 0.398 e. The van der Waals surface area contributed by atoms with Crippen molar-refractivity contribution in [2.75, 3.05) is 12.3 Å². The molecule has 19 heavy (non-hydrogen) atoms. The second kappa shape index (κ2) is 6.78. The minimum Gasteiger partial charge on any atom is -0.398 e. The zero-order valence-electron chi connectivity index (χ0n) is 11.6. The zero-order chi connectivity index (χ0) is 14.4. The predicted octanol–water partition coefficient (Wildman–Crippen LogP) is 1.22. The summed E-state index contributed by atoms with van der Waals surface area (Å²) in [5.74, 6) is -0.319. The van der Waals surface area contributed by atoms with E-state index in [9.17, 15) is 9.59 Å². The van der Waals surface area contributed by atoms with Crippen molar-refractivity contribution < 1.29 is 9.59 Å². The van der Waals surface area contributed by atoms with E-state index < -0.39 is 0 Å². The Hall–Kier alpha value is -2.04. The maximum Gasteiger partial charge on any atom is 0.253 e. The quantitative estimate of drug-likeness (QED) is 0.698. The third-order valence-corrected chi connectivity index (χ3v) is 2.62. The fraction of sp³-hybridized carbons (Fsp3) is 0.429. The fourth-order valence-corrected chi connectivity index (χ4v) is 1.77. The molecule has 0 aliphatic heterocycles. The summed E-state index contributed by atoms with van der Waals surface area (Å²) < 4.78 is 0. The Balaban J connectivity index is 2.50. The van der Waals surface area contributed by atoms with Gasteiger partial charge in [-0.25, -0.2) is 0 Å². The number of amides is 2. The van der Waals surface area contributed by atoms with E-state index in [0.717, 1.165) is 5.56 Å². The summed E-state index contributed by atoms with van der Waals surface area (Å²) in [6, 6.07) is 5.43. The number of carbonyl (C=O) groups excluding carboxylic acids is 2. The lowest BCUT2D eigenvalue weighted by Crippen LogP contribution is -2.34. The van der Waals surface area contributed by atoms with Crippen molar-refractivity contribution in [2.24, 2.45) is 0 Å². The number of nitrogens with two attached hydrogens (primary N) is 1. The summed E-state index contributed by atoms with van der Waals surface area (Å²) in [5, 5.41) is 5.47. The summed E-state index contributed by atoms with van der Waals surface area (Å²) in [6.45, 7) is 5.91. The van der Waals surface area contributed by atoms with Gasteiger partial charge in [-0.3, -0.25) is 9.59 Å². The molecular weight excluding hydrogens is 242 g/mol. The highest BCUT2D eigenvalue weighted by Gasteiger charge is 2.12. The molecule has 0 bridgehead atoms. The molecule has 0 radical (unpaired) electrons. The molecule has 0 saturated carbocycles. The van der Waals surface area contributed by atoms with Crippen molar-refractivity contribution in [3.05, 3.63) is 29.3 Å². The maximum atomic E-state index is 12.0. The molecule has 2 amide bonds. The summed E-state index contributed by atoms with van der Waals surface area (Å²) in [5.41, 5.74) is 7.53. The molecule has 0 spiro atoms. The molecule has 0 saturated heterocycles. The van der Waals surface area contributed by atoms with Crippen molar-refractivity contribution in [3.63, 3.8) is 0 Å². The normalized spacial score (nSPS) is 10.3. The van der Waals surface area contributed by atoms with Crippen LogP contribution in [0.3, 0.4) is 0 Å². The number of hydrogen-bond acceptors (Lipinski definition) is 3. The van der Waals surface area contributed by atoms with Gasteiger partial charge in [0.1, 0.15) is 0 Å². The van der Waals surface area contributed by atoms with Crippen LogP contribution in [0, 0.1) is 6.92 Å². The van der Waals surface area contributed by atoms with Gasteiger partial charge in [-0.15, -0.1) is 0 Å². The first-order valence-corrected chi connectivity index (χ1v) is 6.34. The van der Waals surface area contributed by atoms with E-state index in [2.05, 4.69) is 10.6 Å². The van der Waals surface area contributed by atoms with E-state index in [0.29, 0.717) is 17.8 Å². The van der Waals surface area contributed by atoms with E-state index in [1.165, 1.54) is 0 Å². The van der Waals surface area contributed by atoms with Gasteiger partial charge in [-0.2, -0.15) is 0 Å². The van der Waals surface area contributed by atoms with E-state index in [4.69, 9.17) is 5.73 Å². The van der Waals surface area contributed by atoms with Gasteiger partial charge in [0.15, 0.2) is 0 Å². The fourth-order valence-electron chi connectivity index (χ4n) is 1.77. The molecule has 0 aliphatic carbocycles. The second-order valence-electron chi connectivity index (χ2n) is 4.77. The topological polar surface area (TPSA) is 84.2 Å². The number of rotatable bonds is 5. The van der Waals surface area contributed by atoms with Crippen molar-refractivity contribution in [2.45, 2.75) is 33.2 Å². The lowest BCUT2D eigenvalue weighted by atomic mass is 10.1. The Kier molecular flexibility index (Phi) is 5.36. The minimum absolute atomic E-state index is 0.0759. The Labute approximate surface area is 113 Å². The highest BCUT2D eigenvalue weighted by Crippen LogP contribution is 2.15. The molecule has 0 aliphatic rings. The van der Waals surface area contributed by atoms with Crippen LogP contribution in [0.2, 0.25) is 0 Å². The average Bonchev–Trinajstić information content (AvgIpc) is 2.27. The van der Waals surface area contributed by atoms with Crippen LogP contribution < -0.4 is 16.4 Å². The van der Waals surface area contributed by atoms with Crippen LogP contribution in [-0.2, 0) is 4.79 Å². The highest BCUT2D eigenvalue weighted by molar-refractivity contribution is 6.00. The number of benzene rings is 1. The maximum absolute atomic E-state index is 12.0. The van der Waals surface area contributed by atoms with Crippen LogP contribution in [0.25, 0.3) is 0 Å². The zero-order valence-corrected chi connectivity index (χ0v) is 11.6. The predicted molar refractivity (Wildman–Crippen MR) is 75.8 cm³/mol. The lowest BCUT2D eigenvalue weighted by Gasteiger charge is -2.11. The Morgan fingerprint density at radius 2 is 2.00 bits per heavy atom. The van der Waals surface area contributed by atoms with Crippen LogP contribution in [0.4, 0.5) is 5.69 Å². The number of anilines is 1. The van der Waals surface area contributed by atoms with Gasteiger partial charge in [0.05, 0.1) is 5.56 Å². The monoisotopic (exact) mass is 263 g/mol. The van der Waals surface area contributed by atoms with Crippen molar-refractivity contribution in [1.82, 2.24) is 10.6 Å². The molecular formula is C14H21N3O2. The van der Waals surface area contributed by atoms with Crippen LogP contribution in [-0.4, -0.2) is 24.4 Å². The number of nitrogens with one attached hydrogen (secondary N) is 2. The summed E-state index contributed by atoms with van der Waals surface area (Å²) in [7, 11) is 0. The molecule has 0 aromatic heterocycles. The standard InChI is InChI=1S/C14H21N3O2/c1-9(2)17-12(18)7-8-16-14(19)13-10(3)5-4-6-11(13)15/h4-6,9H,7-8,15H2,1-3H3,(H,16,19)(H,17,18). The molecule has 1 rings (SSSR count). The average molecular weight is 263 g/mol. The van der Waals surface area contributed by atoms with Gasteiger partial charge in [0.25, 0.3) is 5.91 Å². The van der Waals surface area contributed by atoms with Gasteiger partial charge in [0, 0.05) is 24.7 Å². The van der Waals surface area contributed by atoms with E-state index >= 15 is 0 Å². The van der Waals surface area contributed by atoms with Crippen molar-refractivity contribution in [1.29, 1.82) is 0 Å². The van der Waals surface area contributed by atoms with E-state index in [1.54, 1.807) is 12.1 Å². The molecule has 0 heterocycles. The molecule has 0 fully saturated rings. The van der Waals surface area contributed by atoms with Gasteiger partial charge < -0.3 is 16.4 Å². The van der Waals surface area contributed by atoms with Gasteiger partial charge in [-0.05, 0) is 32.4 Å². The smallest absolute Gasteiger partial charge is 0.253 e. The number of hydrogen-bond donors (Lipinski definition) is 3. The number of aryl methyl sites for hydroxylation is 1. The molecule has 104 valence electrons. The number of carbonyl (C=O) groups is 2. The SMILES string of the molecule is Cc1cccc(N)c1C(=O)NCCC(=O)NC(C)C. The highest BCUT2D eigenvalue weighted by atomic mass is 16.2. The third-order valence-electron chi connectivity index (χ3n) is 2.62. The van der Waals surface area contributed by atoms with E-state index in [-0.39, 0.29) is 24.3 Å². The van der Waals surface area contributed by atoms with Gasteiger partial charge >= 0.3 is 0 Å². The van der Waals surface area contributed by atoms with Crippen LogP contribution in [0.15, 0.2) is 18.2 Å². The Bertz CT molecular complexity index is 450. The first-order valence-electron chi connectivity index (χ1n) is 6.34. The molecule has 1 aromatic carbocycles. The second-order valence-corrected chi connectivity index (χ2v) is 4.77. The first kappa shape index (κ1) is 15.0. The molecule has 0 unspecified atom stereocenters. The van der Waals surface area contributed by atoms with Gasteiger partial charge in [0.2, 0.25) is 5.91 Å². The van der Waals surface area contributed by atoms with E-state index in [1.807, 2.05) is 26.8 Å².